The van der Waals surface area contributed by atoms with Crippen molar-refractivity contribution < 1.29 is 14.3 Å². The third-order valence-electron chi connectivity index (χ3n) is 4.69. The molecule has 1 heterocycles. The monoisotopic (exact) mass is 364 g/mol. The molecule has 0 aliphatic carbocycles. The first-order valence-corrected chi connectivity index (χ1v) is 9.12. The normalized spacial score (nSPS) is 14.1. The molecule has 2 aromatic rings. The van der Waals surface area contributed by atoms with Crippen LogP contribution >= 0.6 is 0 Å². The molecule has 2 aromatic carbocycles. The first-order valence-electron chi connectivity index (χ1n) is 9.12. The zero-order valence-electron chi connectivity index (χ0n) is 15.3. The summed E-state index contributed by atoms with van der Waals surface area (Å²) in [6, 6.07) is 19.6. The van der Waals surface area contributed by atoms with Gasteiger partial charge in [-0.25, -0.2) is 4.79 Å². The van der Waals surface area contributed by atoms with E-state index < -0.39 is 0 Å². The van der Waals surface area contributed by atoms with E-state index in [-0.39, 0.29) is 24.5 Å². The van der Waals surface area contributed by atoms with Gasteiger partial charge in [0.15, 0.2) is 0 Å². The average molecular weight is 364 g/mol. The van der Waals surface area contributed by atoms with Crippen LogP contribution in [0.4, 0.5) is 4.79 Å². The van der Waals surface area contributed by atoms with Gasteiger partial charge in [0.05, 0.1) is 5.92 Å². The summed E-state index contributed by atoms with van der Waals surface area (Å²) in [6.45, 7) is 5.67. The first-order chi connectivity index (χ1) is 13.2. The van der Waals surface area contributed by atoms with Crippen molar-refractivity contribution in [3.8, 4) is 0 Å². The Morgan fingerprint density at radius 2 is 1.37 bits per heavy atom. The Balaban J connectivity index is 1.72. The van der Waals surface area contributed by atoms with E-state index >= 15 is 0 Å². The molecule has 0 aromatic heterocycles. The van der Waals surface area contributed by atoms with Crippen molar-refractivity contribution in [3.05, 3.63) is 84.4 Å². The van der Waals surface area contributed by atoms with E-state index in [4.69, 9.17) is 4.74 Å². The van der Waals surface area contributed by atoms with Crippen molar-refractivity contribution in [1.82, 2.24) is 9.80 Å². The summed E-state index contributed by atoms with van der Waals surface area (Å²) in [4.78, 5) is 28.8. The van der Waals surface area contributed by atoms with E-state index in [0.29, 0.717) is 26.2 Å². The Hall–Kier alpha value is -3.08. The number of carbonyl (C=O) groups excluding carboxylic acids is 2. The van der Waals surface area contributed by atoms with Crippen molar-refractivity contribution in [2.24, 2.45) is 0 Å². The van der Waals surface area contributed by atoms with Crippen LogP contribution in [-0.4, -0.2) is 54.6 Å². The Labute approximate surface area is 159 Å². The third-order valence-corrected chi connectivity index (χ3v) is 4.69. The SMILES string of the molecule is C=CCOC(=O)N1CCN(C(=O)C(c2ccccc2)c2ccccc2)CC1. The molecule has 1 aliphatic rings. The molecule has 2 amide bonds. The molecule has 1 saturated heterocycles. The molecule has 0 radical (unpaired) electrons. The minimum absolute atomic E-state index is 0.0616. The first kappa shape index (κ1) is 18.7. The predicted molar refractivity (Wildman–Crippen MR) is 104 cm³/mol. The molecular weight excluding hydrogens is 340 g/mol. The van der Waals surface area contributed by atoms with Gasteiger partial charge in [-0.2, -0.15) is 0 Å². The number of benzene rings is 2. The van der Waals surface area contributed by atoms with Gasteiger partial charge in [0, 0.05) is 26.2 Å². The van der Waals surface area contributed by atoms with Crippen LogP contribution in [0.15, 0.2) is 73.3 Å². The van der Waals surface area contributed by atoms with Gasteiger partial charge in [0.2, 0.25) is 5.91 Å². The Bertz CT molecular complexity index is 729. The summed E-state index contributed by atoms with van der Waals surface area (Å²) < 4.78 is 5.08. The summed E-state index contributed by atoms with van der Waals surface area (Å²) in [7, 11) is 0. The molecule has 0 unspecified atom stereocenters. The molecule has 0 saturated carbocycles. The highest BCUT2D eigenvalue weighted by Gasteiger charge is 2.31. The van der Waals surface area contributed by atoms with Gasteiger partial charge >= 0.3 is 6.09 Å². The summed E-state index contributed by atoms with van der Waals surface area (Å²) >= 11 is 0. The van der Waals surface area contributed by atoms with E-state index in [0.717, 1.165) is 11.1 Å². The minimum Gasteiger partial charge on any atom is -0.445 e. The molecule has 0 N–H and O–H groups in total. The summed E-state index contributed by atoms with van der Waals surface area (Å²) in [5.74, 6) is -0.279. The maximum atomic E-state index is 13.3. The predicted octanol–water partition coefficient (Wildman–Crippen LogP) is 3.29. The highest BCUT2D eigenvalue weighted by Crippen LogP contribution is 2.27. The number of amides is 2. The second-order valence-corrected chi connectivity index (χ2v) is 6.43. The lowest BCUT2D eigenvalue weighted by Gasteiger charge is -2.36. The van der Waals surface area contributed by atoms with E-state index in [1.54, 1.807) is 11.0 Å². The van der Waals surface area contributed by atoms with Crippen LogP contribution in [0.5, 0.6) is 0 Å². The van der Waals surface area contributed by atoms with Crippen molar-refractivity contribution >= 4 is 12.0 Å². The van der Waals surface area contributed by atoms with Crippen molar-refractivity contribution in [2.45, 2.75) is 5.92 Å². The van der Waals surface area contributed by atoms with Crippen molar-refractivity contribution in [2.75, 3.05) is 32.8 Å². The number of hydrogen-bond donors (Lipinski definition) is 0. The molecule has 27 heavy (non-hydrogen) atoms. The van der Waals surface area contributed by atoms with E-state index in [2.05, 4.69) is 6.58 Å². The Morgan fingerprint density at radius 1 is 0.889 bits per heavy atom. The standard InChI is InChI=1S/C22H24N2O3/c1-2-17-27-22(26)24-15-13-23(14-16-24)21(25)20(18-9-5-3-6-10-18)19-11-7-4-8-12-19/h2-12,20H,1,13-17H2. The number of nitrogens with zero attached hydrogens (tertiary/aromatic N) is 2. The molecule has 5 nitrogen and oxygen atoms in total. The fourth-order valence-electron chi connectivity index (χ4n) is 3.28. The maximum absolute atomic E-state index is 13.3. The van der Waals surface area contributed by atoms with Gasteiger partial charge in [-0.1, -0.05) is 73.3 Å². The fourth-order valence-corrected chi connectivity index (χ4v) is 3.28. The van der Waals surface area contributed by atoms with E-state index in [1.165, 1.54) is 0 Å². The molecule has 0 bridgehead atoms. The highest BCUT2D eigenvalue weighted by atomic mass is 16.6. The molecular formula is C22H24N2O3. The second-order valence-electron chi connectivity index (χ2n) is 6.43. The Kier molecular flexibility index (Phi) is 6.26. The van der Waals surface area contributed by atoms with E-state index in [9.17, 15) is 9.59 Å². The highest BCUT2D eigenvalue weighted by molar-refractivity contribution is 5.87. The van der Waals surface area contributed by atoms with E-state index in [1.807, 2.05) is 65.6 Å². The lowest BCUT2D eigenvalue weighted by atomic mass is 9.90. The van der Waals surface area contributed by atoms with Gasteiger partial charge in [-0.05, 0) is 11.1 Å². The van der Waals surface area contributed by atoms with Gasteiger partial charge < -0.3 is 14.5 Å². The maximum Gasteiger partial charge on any atom is 0.410 e. The second kappa shape index (κ2) is 9.03. The number of ether oxygens (including phenoxy) is 1. The number of carbonyl (C=O) groups is 2. The van der Waals surface area contributed by atoms with Crippen LogP contribution in [-0.2, 0) is 9.53 Å². The van der Waals surface area contributed by atoms with Crippen molar-refractivity contribution in [1.29, 1.82) is 0 Å². The molecule has 5 heteroatoms. The molecule has 0 spiro atoms. The molecule has 0 atom stereocenters. The van der Waals surface area contributed by atoms with Gasteiger partial charge in [-0.15, -0.1) is 0 Å². The molecule has 3 rings (SSSR count). The Morgan fingerprint density at radius 3 is 1.85 bits per heavy atom. The van der Waals surface area contributed by atoms with Crippen LogP contribution in [0.3, 0.4) is 0 Å². The lowest BCUT2D eigenvalue weighted by Crippen LogP contribution is -2.51. The summed E-state index contributed by atoms with van der Waals surface area (Å²) in [5.41, 5.74) is 1.95. The number of piperazine rings is 1. The summed E-state index contributed by atoms with van der Waals surface area (Å²) in [5, 5.41) is 0. The average Bonchev–Trinajstić information content (AvgIpc) is 2.74. The largest absolute Gasteiger partial charge is 0.445 e. The minimum atomic E-state index is -0.357. The lowest BCUT2D eigenvalue weighted by molar-refractivity contribution is -0.133. The quantitative estimate of drug-likeness (QED) is 0.765. The zero-order valence-corrected chi connectivity index (χ0v) is 15.3. The van der Waals surface area contributed by atoms with Crippen LogP contribution in [0, 0.1) is 0 Å². The van der Waals surface area contributed by atoms with Crippen LogP contribution in [0.25, 0.3) is 0 Å². The van der Waals surface area contributed by atoms with Crippen molar-refractivity contribution in [3.63, 3.8) is 0 Å². The van der Waals surface area contributed by atoms with Gasteiger partial charge in [0.1, 0.15) is 6.61 Å². The number of hydrogen-bond acceptors (Lipinski definition) is 3. The van der Waals surface area contributed by atoms with Gasteiger partial charge in [0.25, 0.3) is 0 Å². The molecule has 1 aliphatic heterocycles. The zero-order chi connectivity index (χ0) is 19.1. The van der Waals surface area contributed by atoms with Crippen LogP contribution in [0.2, 0.25) is 0 Å². The van der Waals surface area contributed by atoms with Crippen LogP contribution < -0.4 is 0 Å². The fraction of sp³-hybridized carbons (Fsp3) is 0.273. The molecule has 1 fully saturated rings. The topological polar surface area (TPSA) is 49.9 Å². The summed E-state index contributed by atoms with van der Waals surface area (Å²) in [6.07, 6.45) is 1.19. The number of rotatable bonds is 5. The smallest absolute Gasteiger partial charge is 0.410 e. The van der Waals surface area contributed by atoms with Gasteiger partial charge in [-0.3, -0.25) is 4.79 Å². The van der Waals surface area contributed by atoms with Crippen LogP contribution in [0.1, 0.15) is 17.0 Å². The third kappa shape index (κ3) is 4.56. The molecule has 140 valence electrons.